The molecule has 0 radical (unpaired) electrons. The van der Waals surface area contributed by atoms with Crippen molar-refractivity contribution in [1.29, 1.82) is 0 Å². The van der Waals surface area contributed by atoms with Gasteiger partial charge in [0.05, 0.1) is 0 Å². The Morgan fingerprint density at radius 1 is 1.33 bits per heavy atom. The predicted molar refractivity (Wildman–Crippen MR) is 57.9 cm³/mol. The van der Waals surface area contributed by atoms with Crippen LogP contribution in [0.5, 0.6) is 0 Å². The van der Waals surface area contributed by atoms with Crippen LogP contribution in [0.2, 0.25) is 0 Å². The largest absolute Gasteiger partial charge is 0.316 e. The zero-order valence-electron chi connectivity index (χ0n) is 9.19. The minimum Gasteiger partial charge on any atom is -0.316 e. The first-order chi connectivity index (χ1) is 7.15. The van der Waals surface area contributed by atoms with Gasteiger partial charge < -0.3 is 5.32 Å². The molecular formula is C12H17F2N. The van der Waals surface area contributed by atoms with Crippen molar-refractivity contribution < 1.29 is 8.78 Å². The van der Waals surface area contributed by atoms with Gasteiger partial charge in [-0.05, 0) is 30.5 Å². The summed E-state index contributed by atoms with van der Waals surface area (Å²) in [5.74, 6) is -0.914. The van der Waals surface area contributed by atoms with Gasteiger partial charge in [0.25, 0.3) is 0 Å². The van der Waals surface area contributed by atoms with E-state index in [2.05, 4.69) is 12.2 Å². The van der Waals surface area contributed by atoms with Crippen LogP contribution in [0.1, 0.15) is 31.7 Å². The summed E-state index contributed by atoms with van der Waals surface area (Å²) in [6.45, 7) is 5.65. The number of hydrogen-bond acceptors (Lipinski definition) is 1. The van der Waals surface area contributed by atoms with Crippen molar-refractivity contribution in [3.8, 4) is 0 Å². The number of hydrogen-bond donors (Lipinski definition) is 1. The molecule has 84 valence electrons. The van der Waals surface area contributed by atoms with Gasteiger partial charge in [-0.25, -0.2) is 8.78 Å². The molecule has 1 N–H and O–H groups in total. The van der Waals surface area contributed by atoms with Gasteiger partial charge in [0, 0.05) is 12.6 Å². The summed E-state index contributed by atoms with van der Waals surface area (Å²) in [4.78, 5) is 0. The standard InChI is InChI=1S/C12H17F2N/c1-3-6-15-8-9(2)11-5-4-10(13)7-12(11)14/h4-5,7,9,15H,3,6,8H2,1-2H3. The Morgan fingerprint density at radius 3 is 2.67 bits per heavy atom. The van der Waals surface area contributed by atoms with Crippen LogP contribution in [0, 0.1) is 11.6 Å². The summed E-state index contributed by atoms with van der Waals surface area (Å²) in [6, 6.07) is 3.75. The normalized spacial score (nSPS) is 12.8. The van der Waals surface area contributed by atoms with E-state index in [1.54, 1.807) is 0 Å². The van der Waals surface area contributed by atoms with Crippen LogP contribution < -0.4 is 5.32 Å². The molecule has 0 bridgehead atoms. The Kier molecular flexibility index (Phi) is 4.69. The molecule has 0 aromatic heterocycles. The maximum Gasteiger partial charge on any atom is 0.129 e. The number of nitrogens with one attached hydrogen (secondary N) is 1. The van der Waals surface area contributed by atoms with Crippen molar-refractivity contribution in [2.45, 2.75) is 26.2 Å². The van der Waals surface area contributed by atoms with E-state index in [0.717, 1.165) is 25.6 Å². The Balaban J connectivity index is 2.61. The summed E-state index contributed by atoms with van der Waals surface area (Å²) in [6.07, 6.45) is 1.05. The first-order valence-corrected chi connectivity index (χ1v) is 5.30. The van der Waals surface area contributed by atoms with Gasteiger partial charge in [-0.1, -0.05) is 19.9 Å². The van der Waals surface area contributed by atoms with Crippen LogP contribution in [0.4, 0.5) is 8.78 Å². The fourth-order valence-electron chi connectivity index (χ4n) is 1.51. The highest BCUT2D eigenvalue weighted by Gasteiger charge is 2.10. The first-order valence-electron chi connectivity index (χ1n) is 5.30. The third-order valence-corrected chi connectivity index (χ3v) is 2.37. The van der Waals surface area contributed by atoms with Crippen LogP contribution in [-0.4, -0.2) is 13.1 Å². The average Bonchev–Trinajstić information content (AvgIpc) is 2.17. The number of benzene rings is 1. The molecule has 0 fully saturated rings. The topological polar surface area (TPSA) is 12.0 Å². The quantitative estimate of drug-likeness (QED) is 0.741. The predicted octanol–water partition coefficient (Wildman–Crippen LogP) is 3.07. The van der Waals surface area contributed by atoms with E-state index in [4.69, 9.17) is 0 Å². The number of rotatable bonds is 5. The molecule has 0 aliphatic rings. The highest BCUT2D eigenvalue weighted by atomic mass is 19.1. The van der Waals surface area contributed by atoms with Crippen molar-refractivity contribution in [1.82, 2.24) is 5.32 Å². The molecule has 1 nitrogen and oxygen atoms in total. The smallest absolute Gasteiger partial charge is 0.129 e. The SMILES string of the molecule is CCCNCC(C)c1ccc(F)cc1F. The highest BCUT2D eigenvalue weighted by Crippen LogP contribution is 2.18. The van der Waals surface area contributed by atoms with E-state index in [9.17, 15) is 8.78 Å². The van der Waals surface area contributed by atoms with Gasteiger partial charge in [0.2, 0.25) is 0 Å². The molecule has 1 atom stereocenters. The molecule has 0 saturated carbocycles. The molecule has 1 aromatic rings. The van der Waals surface area contributed by atoms with Gasteiger partial charge in [0.15, 0.2) is 0 Å². The van der Waals surface area contributed by atoms with Crippen LogP contribution >= 0.6 is 0 Å². The molecule has 0 amide bonds. The second-order valence-electron chi connectivity index (χ2n) is 3.77. The highest BCUT2D eigenvalue weighted by molar-refractivity contribution is 5.22. The van der Waals surface area contributed by atoms with Crippen LogP contribution in [0.15, 0.2) is 18.2 Å². The maximum absolute atomic E-state index is 13.3. The molecule has 0 saturated heterocycles. The first kappa shape index (κ1) is 12.1. The average molecular weight is 213 g/mol. The third kappa shape index (κ3) is 3.59. The Labute approximate surface area is 89.5 Å². The molecule has 3 heteroatoms. The van der Waals surface area contributed by atoms with Crippen molar-refractivity contribution >= 4 is 0 Å². The molecule has 1 aromatic carbocycles. The van der Waals surface area contributed by atoms with E-state index in [1.165, 1.54) is 12.1 Å². The molecule has 15 heavy (non-hydrogen) atoms. The van der Waals surface area contributed by atoms with Crippen molar-refractivity contribution in [3.05, 3.63) is 35.4 Å². The number of halogens is 2. The van der Waals surface area contributed by atoms with Crippen LogP contribution in [0.25, 0.3) is 0 Å². The Bertz CT molecular complexity index is 312. The summed E-state index contributed by atoms with van der Waals surface area (Å²) in [5.41, 5.74) is 0.569. The van der Waals surface area contributed by atoms with Crippen LogP contribution in [-0.2, 0) is 0 Å². The summed E-state index contributed by atoms with van der Waals surface area (Å²) in [5, 5.41) is 3.21. The minimum absolute atomic E-state index is 0.0668. The molecule has 0 aliphatic heterocycles. The Morgan fingerprint density at radius 2 is 2.07 bits per heavy atom. The van der Waals surface area contributed by atoms with E-state index >= 15 is 0 Å². The van der Waals surface area contributed by atoms with Crippen LogP contribution in [0.3, 0.4) is 0 Å². The van der Waals surface area contributed by atoms with Gasteiger partial charge >= 0.3 is 0 Å². The molecule has 0 aliphatic carbocycles. The lowest BCUT2D eigenvalue weighted by Crippen LogP contribution is -2.21. The van der Waals surface area contributed by atoms with Crippen molar-refractivity contribution in [2.24, 2.45) is 0 Å². The fraction of sp³-hybridized carbons (Fsp3) is 0.500. The van der Waals surface area contributed by atoms with Gasteiger partial charge in [-0.15, -0.1) is 0 Å². The maximum atomic E-state index is 13.3. The van der Waals surface area contributed by atoms with E-state index < -0.39 is 11.6 Å². The third-order valence-electron chi connectivity index (χ3n) is 2.37. The Hall–Kier alpha value is -0.960. The summed E-state index contributed by atoms with van der Waals surface area (Å²) in [7, 11) is 0. The van der Waals surface area contributed by atoms with Crippen molar-refractivity contribution in [2.75, 3.05) is 13.1 Å². The fourth-order valence-corrected chi connectivity index (χ4v) is 1.51. The lowest BCUT2D eigenvalue weighted by Gasteiger charge is -2.13. The second-order valence-corrected chi connectivity index (χ2v) is 3.77. The van der Waals surface area contributed by atoms with E-state index in [-0.39, 0.29) is 5.92 Å². The molecule has 0 heterocycles. The molecular weight excluding hydrogens is 196 g/mol. The monoisotopic (exact) mass is 213 g/mol. The van der Waals surface area contributed by atoms with E-state index in [1.807, 2.05) is 6.92 Å². The lowest BCUT2D eigenvalue weighted by atomic mass is 10.0. The summed E-state index contributed by atoms with van der Waals surface area (Å²) >= 11 is 0. The van der Waals surface area contributed by atoms with Gasteiger partial charge in [-0.3, -0.25) is 0 Å². The lowest BCUT2D eigenvalue weighted by molar-refractivity contribution is 0.542. The van der Waals surface area contributed by atoms with Crippen molar-refractivity contribution in [3.63, 3.8) is 0 Å². The minimum atomic E-state index is -0.523. The van der Waals surface area contributed by atoms with Gasteiger partial charge in [-0.2, -0.15) is 0 Å². The second kappa shape index (κ2) is 5.81. The zero-order chi connectivity index (χ0) is 11.3. The molecule has 1 rings (SSSR count). The molecule has 0 spiro atoms. The van der Waals surface area contributed by atoms with E-state index in [0.29, 0.717) is 5.56 Å². The summed E-state index contributed by atoms with van der Waals surface area (Å²) < 4.78 is 26.0. The zero-order valence-corrected chi connectivity index (χ0v) is 9.19. The van der Waals surface area contributed by atoms with Gasteiger partial charge in [0.1, 0.15) is 11.6 Å². The molecule has 1 unspecified atom stereocenters.